The Morgan fingerprint density at radius 1 is 0.778 bits per heavy atom. The Kier molecular flexibility index (Phi) is 7.53. The van der Waals surface area contributed by atoms with E-state index in [4.69, 9.17) is 14.2 Å². The lowest BCUT2D eigenvalue weighted by Gasteiger charge is -2.36. The van der Waals surface area contributed by atoms with Gasteiger partial charge in [-0.3, -0.25) is 0 Å². The molecule has 1 aliphatic rings. The summed E-state index contributed by atoms with van der Waals surface area (Å²) in [6.45, 7) is 2.98. The van der Waals surface area contributed by atoms with Crippen molar-refractivity contribution in [3.8, 4) is 0 Å². The zero-order valence-electron chi connectivity index (χ0n) is 19.9. The van der Waals surface area contributed by atoms with Crippen molar-refractivity contribution in [3.05, 3.63) is 102 Å². The molecule has 0 unspecified atom stereocenters. The van der Waals surface area contributed by atoms with Crippen LogP contribution in [0.5, 0.6) is 0 Å². The van der Waals surface area contributed by atoms with Crippen LogP contribution in [-0.4, -0.2) is 43.4 Å². The van der Waals surface area contributed by atoms with Crippen molar-refractivity contribution in [2.24, 2.45) is 0 Å². The van der Waals surface area contributed by atoms with E-state index in [1.165, 1.54) is 12.1 Å². The van der Waals surface area contributed by atoms with E-state index < -0.39 is 39.8 Å². The number of carbonyl (C=O) groups is 2. The van der Waals surface area contributed by atoms with Gasteiger partial charge in [-0.2, -0.15) is 0 Å². The number of esters is 2. The van der Waals surface area contributed by atoms with Crippen LogP contribution in [-0.2, 0) is 33.8 Å². The highest BCUT2D eigenvalue weighted by Gasteiger charge is 2.71. The van der Waals surface area contributed by atoms with Gasteiger partial charge in [0.2, 0.25) is 10.0 Å². The van der Waals surface area contributed by atoms with Crippen molar-refractivity contribution in [3.63, 3.8) is 0 Å². The Labute approximate surface area is 210 Å². The fraction of sp³-hybridized carbons (Fsp3) is 0.259. The van der Waals surface area contributed by atoms with Gasteiger partial charge in [-0.25, -0.2) is 18.0 Å². The summed E-state index contributed by atoms with van der Waals surface area (Å²) in [6.07, 6.45) is -2.67. The van der Waals surface area contributed by atoms with Crippen LogP contribution < -0.4 is 0 Å². The second kappa shape index (κ2) is 10.6. The molecule has 9 heteroatoms. The number of hydrogen-bond acceptors (Lipinski definition) is 7. The number of carbonyl (C=O) groups excluding carboxylic acids is 2. The standard InChI is InChI=1S/C27H27NO7S/c1-3-33-25(29)27(26(30)34-4-2)23(20-14-8-5-9-15-20)35-24(21-16-10-6-11-17-21)28(27)36(31,32)22-18-12-7-13-19-22/h5-19,23-24H,3-4H2,1-2H3/t23-,24+/m0/s1. The number of nitrogens with zero attached hydrogens (tertiary/aromatic N) is 1. The minimum atomic E-state index is -4.50. The first-order chi connectivity index (χ1) is 17.4. The Hall–Kier alpha value is -3.53. The maximum Gasteiger partial charge on any atom is 0.342 e. The molecule has 1 saturated heterocycles. The monoisotopic (exact) mass is 509 g/mol. The van der Waals surface area contributed by atoms with Gasteiger partial charge in [-0.1, -0.05) is 78.9 Å². The molecule has 1 heterocycles. The highest BCUT2D eigenvalue weighted by Crippen LogP contribution is 2.53. The van der Waals surface area contributed by atoms with E-state index in [2.05, 4.69) is 0 Å². The highest BCUT2D eigenvalue weighted by atomic mass is 32.2. The summed E-state index contributed by atoms with van der Waals surface area (Å²) in [6, 6.07) is 24.7. The van der Waals surface area contributed by atoms with Crippen LogP contribution in [0.15, 0.2) is 95.9 Å². The zero-order valence-corrected chi connectivity index (χ0v) is 20.8. The minimum Gasteiger partial charge on any atom is -0.464 e. The van der Waals surface area contributed by atoms with E-state index in [1.54, 1.807) is 92.7 Å². The summed E-state index contributed by atoms with van der Waals surface area (Å²) < 4.78 is 46.4. The summed E-state index contributed by atoms with van der Waals surface area (Å²) in [4.78, 5) is 27.5. The predicted octanol–water partition coefficient (Wildman–Crippen LogP) is 4.01. The maximum absolute atomic E-state index is 14.3. The molecule has 0 spiro atoms. The van der Waals surface area contributed by atoms with Crippen LogP contribution in [0.1, 0.15) is 37.3 Å². The summed E-state index contributed by atoms with van der Waals surface area (Å²) in [5, 5.41) is 0. The van der Waals surface area contributed by atoms with Crippen molar-refractivity contribution >= 4 is 22.0 Å². The van der Waals surface area contributed by atoms with E-state index in [9.17, 15) is 18.0 Å². The van der Waals surface area contributed by atoms with Crippen LogP contribution in [0, 0.1) is 0 Å². The Balaban J connectivity index is 2.08. The number of ether oxygens (including phenoxy) is 3. The van der Waals surface area contributed by atoms with Gasteiger partial charge in [-0.05, 0) is 37.1 Å². The number of rotatable bonds is 8. The first kappa shape index (κ1) is 25.6. The number of hydrogen-bond donors (Lipinski definition) is 0. The fourth-order valence-corrected chi connectivity index (χ4v) is 6.12. The first-order valence-electron chi connectivity index (χ1n) is 11.6. The molecule has 4 rings (SSSR count). The van der Waals surface area contributed by atoms with Gasteiger partial charge in [0.25, 0.3) is 5.54 Å². The summed E-state index contributed by atoms with van der Waals surface area (Å²) in [5.41, 5.74) is -1.62. The van der Waals surface area contributed by atoms with Crippen LogP contribution in [0.25, 0.3) is 0 Å². The van der Waals surface area contributed by atoms with Gasteiger partial charge in [-0.15, -0.1) is 4.31 Å². The molecule has 0 amide bonds. The molecule has 188 valence electrons. The van der Waals surface area contributed by atoms with Crippen molar-refractivity contribution < 1.29 is 32.2 Å². The molecule has 0 radical (unpaired) electrons. The van der Waals surface area contributed by atoms with E-state index in [-0.39, 0.29) is 18.1 Å². The maximum atomic E-state index is 14.3. The van der Waals surface area contributed by atoms with Crippen molar-refractivity contribution in [2.45, 2.75) is 36.6 Å². The fourth-order valence-electron chi connectivity index (χ4n) is 4.34. The largest absolute Gasteiger partial charge is 0.464 e. The highest BCUT2D eigenvalue weighted by molar-refractivity contribution is 7.89. The van der Waals surface area contributed by atoms with Crippen LogP contribution in [0.4, 0.5) is 0 Å². The van der Waals surface area contributed by atoms with Crippen molar-refractivity contribution in [1.82, 2.24) is 4.31 Å². The summed E-state index contributed by atoms with van der Waals surface area (Å²) >= 11 is 0. The molecule has 36 heavy (non-hydrogen) atoms. The van der Waals surface area contributed by atoms with Gasteiger partial charge < -0.3 is 14.2 Å². The minimum absolute atomic E-state index is 0.0866. The molecule has 1 aliphatic heterocycles. The van der Waals surface area contributed by atoms with E-state index in [0.717, 1.165) is 4.31 Å². The van der Waals surface area contributed by atoms with Crippen LogP contribution in [0.2, 0.25) is 0 Å². The van der Waals surface area contributed by atoms with Crippen molar-refractivity contribution in [2.75, 3.05) is 13.2 Å². The Bertz CT molecular complexity index is 1280. The van der Waals surface area contributed by atoms with Gasteiger partial charge in [0.15, 0.2) is 6.23 Å². The third-order valence-electron chi connectivity index (χ3n) is 5.87. The average Bonchev–Trinajstić information content (AvgIpc) is 3.29. The second-order valence-corrected chi connectivity index (χ2v) is 9.83. The number of benzene rings is 3. The predicted molar refractivity (Wildman–Crippen MR) is 131 cm³/mol. The number of sulfonamides is 1. The molecular formula is C27H27NO7S. The molecule has 0 saturated carbocycles. The molecule has 0 bridgehead atoms. The molecule has 3 aromatic carbocycles. The summed E-state index contributed by atoms with van der Waals surface area (Å²) in [5.74, 6) is -2.15. The first-order valence-corrected chi connectivity index (χ1v) is 13.0. The zero-order chi connectivity index (χ0) is 25.8. The third kappa shape index (κ3) is 4.30. The van der Waals surface area contributed by atoms with E-state index in [1.807, 2.05) is 0 Å². The SMILES string of the molecule is CCOC(=O)C1(C(=O)OCC)[C@H](c2ccccc2)O[C@H](c2ccccc2)N1S(=O)(=O)c1ccccc1. The smallest absolute Gasteiger partial charge is 0.342 e. The molecule has 2 atom stereocenters. The van der Waals surface area contributed by atoms with Crippen molar-refractivity contribution in [1.29, 1.82) is 0 Å². The quantitative estimate of drug-likeness (QED) is 0.334. The molecular weight excluding hydrogens is 482 g/mol. The molecule has 8 nitrogen and oxygen atoms in total. The average molecular weight is 510 g/mol. The molecule has 0 aliphatic carbocycles. The normalized spacial score (nSPS) is 19.5. The van der Waals surface area contributed by atoms with Crippen LogP contribution in [0.3, 0.4) is 0 Å². The topological polar surface area (TPSA) is 99.2 Å². The second-order valence-electron chi connectivity index (χ2n) is 8.01. The Morgan fingerprint density at radius 3 is 1.69 bits per heavy atom. The van der Waals surface area contributed by atoms with E-state index >= 15 is 0 Å². The van der Waals surface area contributed by atoms with Gasteiger partial charge in [0.05, 0.1) is 18.1 Å². The van der Waals surface area contributed by atoms with Gasteiger partial charge >= 0.3 is 11.9 Å². The lowest BCUT2D eigenvalue weighted by atomic mass is 9.88. The van der Waals surface area contributed by atoms with Gasteiger partial charge in [0.1, 0.15) is 6.10 Å². The third-order valence-corrected chi connectivity index (χ3v) is 7.73. The van der Waals surface area contributed by atoms with Gasteiger partial charge in [0, 0.05) is 0 Å². The Morgan fingerprint density at radius 2 is 1.22 bits per heavy atom. The van der Waals surface area contributed by atoms with Crippen LogP contribution >= 0.6 is 0 Å². The molecule has 3 aromatic rings. The molecule has 1 fully saturated rings. The van der Waals surface area contributed by atoms with E-state index in [0.29, 0.717) is 11.1 Å². The lowest BCUT2D eigenvalue weighted by molar-refractivity contribution is -0.172. The summed E-state index contributed by atoms with van der Waals surface area (Å²) in [7, 11) is -4.50. The lowest BCUT2D eigenvalue weighted by Crippen LogP contribution is -2.62. The molecule has 0 aromatic heterocycles. The molecule has 0 N–H and O–H groups in total.